The van der Waals surface area contributed by atoms with Crippen LogP contribution in [-0.2, 0) is 11.3 Å². The summed E-state index contributed by atoms with van der Waals surface area (Å²) in [5, 5.41) is 9.30. The van der Waals surface area contributed by atoms with E-state index in [1.807, 2.05) is 38.2 Å². The molecule has 0 atom stereocenters. The molecule has 2 aromatic heterocycles. The lowest BCUT2D eigenvalue weighted by Crippen LogP contribution is -2.22. The number of aromatic nitrogens is 3. The zero-order chi connectivity index (χ0) is 21.0. The Kier molecular flexibility index (Phi) is 6.49. The summed E-state index contributed by atoms with van der Waals surface area (Å²) in [5.41, 5.74) is 2.64. The molecule has 7 nitrogen and oxygen atoms in total. The Bertz CT molecular complexity index is 976. The third kappa shape index (κ3) is 4.56. The molecule has 0 aliphatic rings. The number of carboxylic acid groups (broad SMARTS) is 1. The fourth-order valence-electron chi connectivity index (χ4n) is 3.34. The molecule has 29 heavy (non-hydrogen) atoms. The second-order valence-electron chi connectivity index (χ2n) is 7.09. The van der Waals surface area contributed by atoms with E-state index in [1.165, 1.54) is 0 Å². The van der Waals surface area contributed by atoms with E-state index in [1.54, 1.807) is 12.1 Å². The van der Waals surface area contributed by atoms with E-state index < -0.39 is 5.97 Å². The predicted molar refractivity (Wildman–Crippen MR) is 115 cm³/mol. The van der Waals surface area contributed by atoms with E-state index in [9.17, 15) is 9.90 Å². The first-order valence-corrected chi connectivity index (χ1v) is 10.0. The van der Waals surface area contributed by atoms with Gasteiger partial charge in [0.25, 0.3) is 0 Å². The van der Waals surface area contributed by atoms with Gasteiger partial charge in [0.05, 0.1) is 29.3 Å². The molecular formula is C22H28N4O3. The van der Waals surface area contributed by atoms with Crippen LogP contribution in [0.1, 0.15) is 38.1 Å². The second-order valence-corrected chi connectivity index (χ2v) is 7.09. The van der Waals surface area contributed by atoms with Crippen LogP contribution in [0.3, 0.4) is 0 Å². The van der Waals surface area contributed by atoms with Crippen LogP contribution in [0.15, 0.2) is 36.5 Å². The van der Waals surface area contributed by atoms with Crippen LogP contribution in [0.2, 0.25) is 0 Å². The highest BCUT2D eigenvalue weighted by Gasteiger charge is 2.16. The predicted octanol–water partition coefficient (Wildman–Crippen LogP) is 4.07. The van der Waals surface area contributed by atoms with Gasteiger partial charge in [-0.15, -0.1) is 0 Å². The second kappa shape index (κ2) is 9.05. The number of nitrogens with zero attached hydrogens (tertiary/aromatic N) is 4. The molecule has 0 saturated heterocycles. The molecule has 0 saturated carbocycles. The minimum absolute atomic E-state index is 0.141. The molecule has 154 valence electrons. The van der Waals surface area contributed by atoms with Crippen molar-refractivity contribution in [3.63, 3.8) is 0 Å². The molecule has 2 heterocycles. The molecule has 0 aliphatic carbocycles. The summed E-state index contributed by atoms with van der Waals surface area (Å²) < 4.78 is 7.80. The standard InChI is InChI=1S/C22H28N4O3/c1-5-25(6-2)20-10-8-17(14-23-20)21-24-18-13-16(22(27)28)7-9-19(18)26(21)11-12-29-15(3)4/h7-10,13-15H,5-6,11-12H2,1-4H3,(H,27,28). The Morgan fingerprint density at radius 1 is 1.21 bits per heavy atom. The van der Waals surface area contributed by atoms with Gasteiger partial charge in [-0.3, -0.25) is 0 Å². The Morgan fingerprint density at radius 3 is 2.55 bits per heavy atom. The average molecular weight is 396 g/mol. The summed E-state index contributed by atoms with van der Waals surface area (Å²) in [6, 6.07) is 9.04. The first-order valence-electron chi connectivity index (χ1n) is 10.0. The number of benzene rings is 1. The number of imidazole rings is 1. The highest BCUT2D eigenvalue weighted by atomic mass is 16.5. The fourth-order valence-corrected chi connectivity index (χ4v) is 3.34. The van der Waals surface area contributed by atoms with Crippen LogP contribution in [0.5, 0.6) is 0 Å². The SMILES string of the molecule is CCN(CC)c1ccc(-c2nc3cc(C(=O)O)ccc3n2CCOC(C)C)cn1. The first-order chi connectivity index (χ1) is 13.9. The summed E-state index contributed by atoms with van der Waals surface area (Å²) >= 11 is 0. The normalized spacial score (nSPS) is 11.3. The molecule has 0 radical (unpaired) electrons. The van der Waals surface area contributed by atoms with Gasteiger partial charge in [0.1, 0.15) is 11.6 Å². The number of anilines is 1. The summed E-state index contributed by atoms with van der Waals surface area (Å²) in [6.07, 6.45) is 1.97. The van der Waals surface area contributed by atoms with Gasteiger partial charge in [0.15, 0.2) is 0 Å². The van der Waals surface area contributed by atoms with Gasteiger partial charge in [-0.2, -0.15) is 0 Å². The lowest BCUT2D eigenvalue weighted by Gasteiger charge is -2.19. The third-order valence-electron chi connectivity index (χ3n) is 4.85. The van der Waals surface area contributed by atoms with Gasteiger partial charge in [-0.05, 0) is 58.0 Å². The molecular weight excluding hydrogens is 368 g/mol. The van der Waals surface area contributed by atoms with Crippen molar-refractivity contribution in [1.29, 1.82) is 0 Å². The van der Waals surface area contributed by atoms with Crippen molar-refractivity contribution in [3.8, 4) is 11.4 Å². The van der Waals surface area contributed by atoms with Crippen molar-refractivity contribution in [2.75, 3.05) is 24.6 Å². The number of fused-ring (bicyclic) bond motifs is 1. The number of pyridine rings is 1. The maximum absolute atomic E-state index is 11.3. The van der Waals surface area contributed by atoms with Gasteiger partial charge in [0.2, 0.25) is 0 Å². The van der Waals surface area contributed by atoms with Crippen molar-refractivity contribution in [3.05, 3.63) is 42.1 Å². The van der Waals surface area contributed by atoms with Crippen LogP contribution >= 0.6 is 0 Å². The van der Waals surface area contributed by atoms with Gasteiger partial charge in [-0.25, -0.2) is 14.8 Å². The summed E-state index contributed by atoms with van der Waals surface area (Å²) in [7, 11) is 0. The van der Waals surface area contributed by atoms with Crippen molar-refractivity contribution in [1.82, 2.24) is 14.5 Å². The van der Waals surface area contributed by atoms with Crippen LogP contribution in [-0.4, -0.2) is 51.4 Å². The minimum Gasteiger partial charge on any atom is -0.478 e. The first kappa shape index (κ1) is 20.8. The third-order valence-corrected chi connectivity index (χ3v) is 4.85. The van der Waals surface area contributed by atoms with Gasteiger partial charge >= 0.3 is 5.97 Å². The fraction of sp³-hybridized carbons (Fsp3) is 0.409. The van der Waals surface area contributed by atoms with E-state index >= 15 is 0 Å². The van der Waals surface area contributed by atoms with E-state index in [0.717, 1.165) is 35.8 Å². The molecule has 1 N–H and O–H groups in total. The van der Waals surface area contributed by atoms with Crippen molar-refractivity contribution >= 4 is 22.8 Å². The number of aromatic carboxylic acids is 1. The zero-order valence-corrected chi connectivity index (χ0v) is 17.4. The van der Waals surface area contributed by atoms with Crippen molar-refractivity contribution in [2.24, 2.45) is 0 Å². The molecule has 1 aromatic carbocycles. The Labute approximate surface area is 171 Å². The van der Waals surface area contributed by atoms with Crippen LogP contribution < -0.4 is 4.90 Å². The van der Waals surface area contributed by atoms with Crippen molar-refractivity contribution < 1.29 is 14.6 Å². The molecule has 3 aromatic rings. The maximum Gasteiger partial charge on any atom is 0.335 e. The van der Waals surface area contributed by atoms with E-state index in [-0.39, 0.29) is 11.7 Å². The van der Waals surface area contributed by atoms with Crippen LogP contribution in [0.25, 0.3) is 22.4 Å². The highest BCUT2D eigenvalue weighted by molar-refractivity contribution is 5.93. The lowest BCUT2D eigenvalue weighted by molar-refractivity contribution is 0.0696. The number of ether oxygens (including phenoxy) is 1. The van der Waals surface area contributed by atoms with E-state index in [0.29, 0.717) is 18.7 Å². The Hall–Kier alpha value is -2.93. The summed E-state index contributed by atoms with van der Waals surface area (Å²) in [5.74, 6) is 0.725. The quantitative estimate of drug-likeness (QED) is 0.587. The van der Waals surface area contributed by atoms with Crippen LogP contribution in [0.4, 0.5) is 5.82 Å². The minimum atomic E-state index is -0.962. The number of hydrogen-bond donors (Lipinski definition) is 1. The van der Waals surface area contributed by atoms with E-state index in [2.05, 4.69) is 28.3 Å². The maximum atomic E-state index is 11.3. The highest BCUT2D eigenvalue weighted by Crippen LogP contribution is 2.26. The number of carbonyl (C=O) groups is 1. The van der Waals surface area contributed by atoms with Gasteiger partial charge in [-0.1, -0.05) is 0 Å². The Morgan fingerprint density at radius 2 is 1.97 bits per heavy atom. The smallest absolute Gasteiger partial charge is 0.335 e. The van der Waals surface area contributed by atoms with Gasteiger partial charge < -0.3 is 19.3 Å². The molecule has 0 amide bonds. The summed E-state index contributed by atoms with van der Waals surface area (Å²) in [6.45, 7) is 11.2. The number of carboxylic acids is 1. The molecule has 0 aliphatic heterocycles. The van der Waals surface area contributed by atoms with Crippen molar-refractivity contribution in [2.45, 2.75) is 40.3 Å². The van der Waals surface area contributed by atoms with Gasteiger partial charge in [0, 0.05) is 31.4 Å². The average Bonchev–Trinajstić information content (AvgIpc) is 3.07. The largest absolute Gasteiger partial charge is 0.478 e. The Balaban J connectivity index is 2.03. The van der Waals surface area contributed by atoms with Crippen LogP contribution in [0, 0.1) is 0 Å². The molecule has 3 rings (SSSR count). The molecule has 0 unspecified atom stereocenters. The number of hydrogen-bond acceptors (Lipinski definition) is 5. The molecule has 0 fully saturated rings. The number of rotatable bonds is 9. The molecule has 0 bridgehead atoms. The molecule has 0 spiro atoms. The zero-order valence-electron chi connectivity index (χ0n) is 17.4. The van der Waals surface area contributed by atoms with E-state index in [4.69, 9.17) is 9.72 Å². The monoisotopic (exact) mass is 396 g/mol. The molecule has 7 heteroatoms. The summed E-state index contributed by atoms with van der Waals surface area (Å²) in [4.78, 5) is 22.9. The lowest BCUT2D eigenvalue weighted by atomic mass is 10.2. The topological polar surface area (TPSA) is 80.5 Å².